The Balaban J connectivity index is 2.18. The first-order valence-electron chi connectivity index (χ1n) is 6.69. The van der Waals surface area contributed by atoms with Crippen molar-refractivity contribution in [2.75, 3.05) is 18.0 Å². The molecule has 1 N–H and O–H groups in total. The van der Waals surface area contributed by atoms with Crippen LogP contribution in [0.4, 0.5) is 19.0 Å². The summed E-state index contributed by atoms with van der Waals surface area (Å²) >= 11 is 0. The van der Waals surface area contributed by atoms with Gasteiger partial charge in [0, 0.05) is 19.2 Å². The van der Waals surface area contributed by atoms with Gasteiger partial charge in [0.05, 0.1) is 0 Å². The Labute approximate surface area is 122 Å². The first kappa shape index (κ1) is 14.5. The largest absolute Gasteiger partial charge is 0.477 e. The number of carboxylic acids is 1. The van der Waals surface area contributed by atoms with Crippen molar-refractivity contribution in [1.29, 1.82) is 0 Å². The molecule has 1 aliphatic heterocycles. The van der Waals surface area contributed by atoms with Crippen LogP contribution in [0.15, 0.2) is 6.07 Å². The van der Waals surface area contributed by atoms with E-state index in [9.17, 15) is 18.0 Å². The number of hydrogen-bond acceptors (Lipinski definition) is 5. The molecule has 1 saturated heterocycles. The fourth-order valence-corrected chi connectivity index (χ4v) is 2.43. The van der Waals surface area contributed by atoms with Gasteiger partial charge >= 0.3 is 12.1 Å². The maximum atomic E-state index is 12.8. The van der Waals surface area contributed by atoms with Gasteiger partial charge in [-0.15, -0.1) is 5.10 Å². The minimum atomic E-state index is -4.71. The van der Waals surface area contributed by atoms with E-state index >= 15 is 0 Å². The third-order valence-corrected chi connectivity index (χ3v) is 3.45. The molecule has 0 atom stereocenters. The molecule has 0 unspecified atom stereocenters. The fraction of sp³-hybridized carbons (Fsp3) is 0.500. The average Bonchev–Trinajstić information content (AvgIpc) is 2.91. The van der Waals surface area contributed by atoms with Gasteiger partial charge in [0.25, 0.3) is 11.6 Å². The first-order chi connectivity index (χ1) is 10.4. The van der Waals surface area contributed by atoms with Crippen molar-refractivity contribution in [2.24, 2.45) is 0 Å². The number of hydrogen-bond donors (Lipinski definition) is 1. The normalized spacial score (nSPS) is 16.2. The highest BCUT2D eigenvalue weighted by Gasteiger charge is 2.37. The van der Waals surface area contributed by atoms with Gasteiger partial charge < -0.3 is 10.0 Å². The van der Waals surface area contributed by atoms with E-state index in [-0.39, 0.29) is 17.3 Å². The molecule has 0 spiro atoms. The molecule has 7 nitrogen and oxygen atoms in total. The van der Waals surface area contributed by atoms with Crippen LogP contribution in [0.1, 0.15) is 35.6 Å². The molecular weight excluding hydrogens is 303 g/mol. The minimum absolute atomic E-state index is 0.269. The van der Waals surface area contributed by atoms with Crippen LogP contribution in [0.5, 0.6) is 0 Å². The third kappa shape index (κ3) is 2.55. The van der Waals surface area contributed by atoms with E-state index in [1.54, 1.807) is 4.90 Å². The number of anilines is 1. The van der Waals surface area contributed by atoms with Gasteiger partial charge in [-0.3, -0.25) is 0 Å². The number of alkyl halides is 3. The highest BCUT2D eigenvalue weighted by Crippen LogP contribution is 2.28. The van der Waals surface area contributed by atoms with Gasteiger partial charge in [0.15, 0.2) is 5.69 Å². The molecular formula is C12H12F3N5O2. The Morgan fingerprint density at radius 1 is 1.18 bits per heavy atom. The lowest BCUT2D eigenvalue weighted by atomic mass is 10.1. The summed E-state index contributed by atoms with van der Waals surface area (Å²) in [5, 5.41) is 12.5. The molecule has 0 amide bonds. The van der Waals surface area contributed by atoms with Gasteiger partial charge in [-0.2, -0.15) is 22.7 Å². The number of aromatic nitrogens is 4. The van der Waals surface area contributed by atoms with Crippen LogP contribution in [0.2, 0.25) is 0 Å². The summed E-state index contributed by atoms with van der Waals surface area (Å²) in [5.41, 5.74) is -0.353. The van der Waals surface area contributed by atoms with E-state index in [0.717, 1.165) is 23.8 Å². The zero-order valence-electron chi connectivity index (χ0n) is 11.3. The van der Waals surface area contributed by atoms with E-state index in [1.807, 2.05) is 0 Å². The Morgan fingerprint density at radius 3 is 2.45 bits per heavy atom. The summed E-state index contributed by atoms with van der Waals surface area (Å²) in [6.45, 7) is 1.25. The van der Waals surface area contributed by atoms with Crippen LogP contribution in [-0.2, 0) is 6.18 Å². The molecule has 0 radical (unpaired) electrons. The van der Waals surface area contributed by atoms with Crippen LogP contribution in [-0.4, -0.2) is 43.7 Å². The van der Waals surface area contributed by atoms with Crippen molar-refractivity contribution in [3.05, 3.63) is 17.6 Å². The van der Waals surface area contributed by atoms with Gasteiger partial charge in [-0.25, -0.2) is 9.78 Å². The molecule has 0 bridgehead atoms. The van der Waals surface area contributed by atoms with Crippen molar-refractivity contribution in [3.8, 4) is 0 Å². The monoisotopic (exact) mass is 315 g/mol. The van der Waals surface area contributed by atoms with Gasteiger partial charge in [-0.1, -0.05) is 0 Å². The SMILES string of the molecule is O=C(O)c1cc(N2CCCCC2)n2nc(C(F)(F)F)nc2n1. The number of halogens is 3. The molecule has 0 saturated carbocycles. The van der Waals surface area contributed by atoms with Crippen molar-refractivity contribution in [3.63, 3.8) is 0 Å². The zero-order valence-corrected chi connectivity index (χ0v) is 11.3. The molecule has 1 aliphatic rings. The van der Waals surface area contributed by atoms with Crippen LogP contribution >= 0.6 is 0 Å². The lowest BCUT2D eigenvalue weighted by molar-refractivity contribution is -0.144. The fourth-order valence-electron chi connectivity index (χ4n) is 2.43. The zero-order chi connectivity index (χ0) is 15.9. The van der Waals surface area contributed by atoms with Crippen molar-refractivity contribution in [1.82, 2.24) is 19.6 Å². The Kier molecular flexibility index (Phi) is 3.38. The predicted octanol–water partition coefficient (Wildman–Crippen LogP) is 1.83. The molecule has 10 heteroatoms. The summed E-state index contributed by atoms with van der Waals surface area (Å²) in [6.07, 6.45) is -1.92. The first-order valence-corrected chi connectivity index (χ1v) is 6.69. The van der Waals surface area contributed by atoms with E-state index in [0.29, 0.717) is 13.1 Å². The summed E-state index contributed by atoms with van der Waals surface area (Å²) in [7, 11) is 0. The van der Waals surface area contributed by atoms with E-state index in [1.165, 1.54) is 6.07 Å². The van der Waals surface area contributed by atoms with Crippen LogP contribution in [0.3, 0.4) is 0 Å². The summed E-state index contributed by atoms with van der Waals surface area (Å²) in [6, 6.07) is 1.23. The van der Waals surface area contributed by atoms with Crippen molar-refractivity contribution in [2.45, 2.75) is 25.4 Å². The lowest BCUT2D eigenvalue weighted by Crippen LogP contribution is -2.31. The number of fused-ring (bicyclic) bond motifs is 1. The van der Waals surface area contributed by atoms with Crippen LogP contribution < -0.4 is 4.90 Å². The van der Waals surface area contributed by atoms with Crippen molar-refractivity contribution < 1.29 is 23.1 Å². The maximum Gasteiger partial charge on any atom is 0.453 e. The number of piperidine rings is 1. The van der Waals surface area contributed by atoms with Crippen molar-refractivity contribution >= 4 is 17.6 Å². The summed E-state index contributed by atoms with van der Waals surface area (Å²) < 4.78 is 39.2. The van der Waals surface area contributed by atoms with Gasteiger partial charge in [0.1, 0.15) is 5.82 Å². The van der Waals surface area contributed by atoms with Crippen LogP contribution in [0, 0.1) is 0 Å². The highest BCUT2D eigenvalue weighted by molar-refractivity contribution is 5.87. The van der Waals surface area contributed by atoms with Gasteiger partial charge in [-0.05, 0) is 19.3 Å². The third-order valence-electron chi connectivity index (χ3n) is 3.45. The van der Waals surface area contributed by atoms with E-state index in [4.69, 9.17) is 5.11 Å². The average molecular weight is 315 g/mol. The summed E-state index contributed by atoms with van der Waals surface area (Å²) in [5.74, 6) is -2.75. The minimum Gasteiger partial charge on any atom is -0.477 e. The number of aromatic carboxylic acids is 1. The van der Waals surface area contributed by atoms with Gasteiger partial charge in [0.2, 0.25) is 0 Å². The van der Waals surface area contributed by atoms with E-state index in [2.05, 4.69) is 15.1 Å². The van der Waals surface area contributed by atoms with Crippen LogP contribution in [0.25, 0.3) is 5.78 Å². The second-order valence-corrected chi connectivity index (χ2v) is 5.00. The molecule has 1 fully saturated rings. The predicted molar refractivity (Wildman–Crippen MR) is 68.8 cm³/mol. The number of nitrogens with zero attached hydrogens (tertiary/aromatic N) is 5. The highest BCUT2D eigenvalue weighted by atomic mass is 19.4. The summed E-state index contributed by atoms with van der Waals surface area (Å²) in [4.78, 5) is 19.9. The number of carbonyl (C=O) groups is 1. The Hall–Kier alpha value is -2.39. The van der Waals surface area contributed by atoms with E-state index < -0.39 is 18.0 Å². The standard InChI is InChI=1S/C12H12F3N5O2/c13-12(14,15)10-17-11-16-7(9(21)22)6-8(20(11)18-10)19-4-2-1-3-5-19/h6H,1-5H2,(H,21,22). The smallest absolute Gasteiger partial charge is 0.453 e. The Morgan fingerprint density at radius 2 is 1.86 bits per heavy atom. The number of carboxylic acid groups (broad SMARTS) is 1. The molecule has 2 aromatic heterocycles. The molecule has 3 heterocycles. The topological polar surface area (TPSA) is 83.6 Å². The second kappa shape index (κ2) is 5.11. The molecule has 0 aliphatic carbocycles. The quantitative estimate of drug-likeness (QED) is 0.910. The lowest BCUT2D eigenvalue weighted by Gasteiger charge is -2.28. The molecule has 22 heavy (non-hydrogen) atoms. The molecule has 2 aromatic rings. The molecule has 0 aromatic carbocycles. The number of rotatable bonds is 2. The Bertz CT molecular complexity index is 721. The molecule has 3 rings (SSSR count). The second-order valence-electron chi connectivity index (χ2n) is 5.00. The molecule has 118 valence electrons. The maximum absolute atomic E-state index is 12.8.